The summed E-state index contributed by atoms with van der Waals surface area (Å²) in [5.41, 5.74) is 7.11. The van der Waals surface area contributed by atoms with Gasteiger partial charge in [-0.25, -0.2) is 9.78 Å². The van der Waals surface area contributed by atoms with E-state index in [-0.39, 0.29) is 5.69 Å². The van der Waals surface area contributed by atoms with Gasteiger partial charge in [0.15, 0.2) is 0 Å². The summed E-state index contributed by atoms with van der Waals surface area (Å²) in [5.74, 6) is -1.67. The number of nitrogens with two attached hydrogens (primary N) is 1. The molecule has 0 fully saturated rings. The number of aromatic amines is 1. The first-order chi connectivity index (χ1) is 9.09. The molecule has 0 bridgehead atoms. The molecule has 0 radical (unpaired) electrons. The minimum atomic E-state index is -1.05. The molecule has 0 aliphatic carbocycles. The summed E-state index contributed by atoms with van der Waals surface area (Å²) in [6, 6.07) is 7.01. The van der Waals surface area contributed by atoms with Crippen molar-refractivity contribution in [2.75, 3.05) is 0 Å². The molecular weight excluding hydrogens is 246 g/mol. The van der Waals surface area contributed by atoms with E-state index in [1.807, 2.05) is 0 Å². The second-order valence-corrected chi connectivity index (χ2v) is 3.75. The summed E-state index contributed by atoms with van der Waals surface area (Å²) in [4.78, 5) is 28.6. The average molecular weight is 257 g/mol. The van der Waals surface area contributed by atoms with Gasteiger partial charge in [-0.2, -0.15) is 0 Å². The second-order valence-electron chi connectivity index (χ2n) is 3.75. The van der Waals surface area contributed by atoms with Gasteiger partial charge in [0.1, 0.15) is 11.4 Å². The normalized spacial score (nSPS) is 10.7. The fourth-order valence-corrected chi connectivity index (χ4v) is 1.71. The smallest absolute Gasteiger partial charge is 0.328 e. The summed E-state index contributed by atoms with van der Waals surface area (Å²) < 4.78 is 0. The predicted octanol–water partition coefficient (Wildman–Crippen LogP) is 1.27. The molecule has 1 heterocycles. The number of imidazole rings is 1. The zero-order valence-corrected chi connectivity index (χ0v) is 9.83. The first-order valence-electron chi connectivity index (χ1n) is 5.43. The number of primary amides is 1. The van der Waals surface area contributed by atoms with Gasteiger partial charge < -0.3 is 15.8 Å². The summed E-state index contributed by atoms with van der Waals surface area (Å²) in [5, 5.41) is 8.66. The average Bonchev–Trinajstić information content (AvgIpc) is 2.85. The number of nitrogens with zero attached hydrogens (tertiary/aromatic N) is 1. The number of aromatic nitrogens is 2. The van der Waals surface area contributed by atoms with Crippen molar-refractivity contribution >= 4 is 18.0 Å². The number of H-pyrrole nitrogens is 1. The van der Waals surface area contributed by atoms with Crippen LogP contribution in [-0.4, -0.2) is 27.0 Å². The molecule has 19 heavy (non-hydrogen) atoms. The van der Waals surface area contributed by atoms with Gasteiger partial charge in [0.25, 0.3) is 5.91 Å². The molecule has 2 aromatic rings. The van der Waals surface area contributed by atoms with Crippen LogP contribution in [0.3, 0.4) is 0 Å². The van der Waals surface area contributed by atoms with E-state index in [1.54, 1.807) is 24.3 Å². The Hall–Kier alpha value is -2.89. The third-order valence-electron chi connectivity index (χ3n) is 2.51. The Labute approximate surface area is 108 Å². The largest absolute Gasteiger partial charge is 0.478 e. The molecule has 1 aromatic carbocycles. The number of amides is 1. The van der Waals surface area contributed by atoms with E-state index in [0.717, 1.165) is 6.08 Å². The summed E-state index contributed by atoms with van der Waals surface area (Å²) >= 11 is 0. The number of benzene rings is 1. The minimum Gasteiger partial charge on any atom is -0.478 e. The molecule has 0 aliphatic heterocycles. The van der Waals surface area contributed by atoms with Crippen molar-refractivity contribution in [3.05, 3.63) is 47.9 Å². The van der Waals surface area contributed by atoms with Crippen molar-refractivity contribution < 1.29 is 14.7 Å². The fraction of sp³-hybridized carbons (Fsp3) is 0. The topological polar surface area (TPSA) is 109 Å². The molecule has 96 valence electrons. The van der Waals surface area contributed by atoms with Gasteiger partial charge in [-0.05, 0) is 11.6 Å². The Bertz CT molecular complexity index is 659. The van der Waals surface area contributed by atoms with E-state index in [1.165, 1.54) is 12.4 Å². The van der Waals surface area contributed by atoms with Crippen LogP contribution in [-0.2, 0) is 4.79 Å². The zero-order valence-electron chi connectivity index (χ0n) is 9.83. The Kier molecular flexibility index (Phi) is 3.42. The predicted molar refractivity (Wildman–Crippen MR) is 69.2 cm³/mol. The van der Waals surface area contributed by atoms with E-state index in [4.69, 9.17) is 10.8 Å². The van der Waals surface area contributed by atoms with Gasteiger partial charge in [-0.15, -0.1) is 0 Å². The molecule has 1 aromatic heterocycles. The summed E-state index contributed by atoms with van der Waals surface area (Å²) in [6.07, 6.45) is 3.83. The zero-order chi connectivity index (χ0) is 13.8. The van der Waals surface area contributed by atoms with Crippen LogP contribution in [0.25, 0.3) is 17.3 Å². The monoisotopic (exact) mass is 257 g/mol. The van der Waals surface area contributed by atoms with Crippen molar-refractivity contribution in [1.29, 1.82) is 0 Å². The lowest BCUT2D eigenvalue weighted by Gasteiger charge is -2.04. The molecule has 6 nitrogen and oxygen atoms in total. The van der Waals surface area contributed by atoms with Crippen LogP contribution in [0.4, 0.5) is 0 Å². The Balaban J connectivity index is 2.53. The number of hydrogen-bond donors (Lipinski definition) is 3. The van der Waals surface area contributed by atoms with E-state index in [9.17, 15) is 9.59 Å². The van der Waals surface area contributed by atoms with Gasteiger partial charge in [0.05, 0.1) is 6.33 Å². The highest BCUT2D eigenvalue weighted by Crippen LogP contribution is 2.25. The lowest BCUT2D eigenvalue weighted by Crippen LogP contribution is -2.12. The molecule has 0 spiro atoms. The molecule has 0 unspecified atom stereocenters. The van der Waals surface area contributed by atoms with Crippen molar-refractivity contribution in [3.8, 4) is 11.3 Å². The molecule has 0 atom stereocenters. The number of rotatable bonds is 4. The number of nitrogens with one attached hydrogen (secondary N) is 1. The van der Waals surface area contributed by atoms with E-state index in [2.05, 4.69) is 9.97 Å². The van der Waals surface area contributed by atoms with Crippen molar-refractivity contribution in [3.63, 3.8) is 0 Å². The molecule has 2 rings (SSSR count). The minimum absolute atomic E-state index is 0.191. The van der Waals surface area contributed by atoms with Crippen molar-refractivity contribution in [2.24, 2.45) is 5.73 Å². The van der Waals surface area contributed by atoms with Crippen LogP contribution < -0.4 is 5.73 Å². The van der Waals surface area contributed by atoms with Crippen molar-refractivity contribution in [2.45, 2.75) is 0 Å². The fourth-order valence-electron chi connectivity index (χ4n) is 1.71. The van der Waals surface area contributed by atoms with Crippen LogP contribution in [0, 0.1) is 0 Å². The van der Waals surface area contributed by atoms with Crippen LogP contribution in [0.5, 0.6) is 0 Å². The van der Waals surface area contributed by atoms with Gasteiger partial charge in [0, 0.05) is 11.6 Å². The third kappa shape index (κ3) is 2.68. The van der Waals surface area contributed by atoms with Gasteiger partial charge in [-0.3, -0.25) is 4.79 Å². The van der Waals surface area contributed by atoms with Gasteiger partial charge >= 0.3 is 5.97 Å². The highest BCUT2D eigenvalue weighted by atomic mass is 16.4. The van der Waals surface area contributed by atoms with Crippen LogP contribution in [0.2, 0.25) is 0 Å². The first-order valence-corrected chi connectivity index (χ1v) is 5.43. The lowest BCUT2D eigenvalue weighted by molar-refractivity contribution is -0.131. The number of hydrogen-bond acceptors (Lipinski definition) is 3. The molecular formula is C13H11N3O3. The molecule has 0 saturated heterocycles. The number of carboxylic acid groups (broad SMARTS) is 1. The van der Waals surface area contributed by atoms with E-state index < -0.39 is 11.9 Å². The third-order valence-corrected chi connectivity index (χ3v) is 2.51. The number of carbonyl (C=O) groups is 2. The van der Waals surface area contributed by atoms with Gasteiger partial charge in [0.2, 0.25) is 0 Å². The second kappa shape index (κ2) is 5.18. The van der Waals surface area contributed by atoms with Crippen LogP contribution in [0.15, 0.2) is 36.7 Å². The highest BCUT2D eigenvalue weighted by Gasteiger charge is 2.14. The molecule has 6 heteroatoms. The maximum Gasteiger partial charge on any atom is 0.328 e. The van der Waals surface area contributed by atoms with E-state index >= 15 is 0 Å². The number of aliphatic carboxylic acids is 1. The number of carbonyl (C=O) groups excluding carboxylic acids is 1. The van der Waals surface area contributed by atoms with Crippen LogP contribution >= 0.6 is 0 Å². The molecule has 0 saturated carbocycles. The van der Waals surface area contributed by atoms with Crippen molar-refractivity contribution in [1.82, 2.24) is 9.97 Å². The summed E-state index contributed by atoms with van der Waals surface area (Å²) in [6.45, 7) is 0. The quantitative estimate of drug-likeness (QED) is 0.716. The molecule has 1 amide bonds. The highest BCUT2D eigenvalue weighted by molar-refractivity contribution is 5.98. The molecule has 0 aliphatic rings. The Morgan fingerprint density at radius 3 is 2.74 bits per heavy atom. The van der Waals surface area contributed by atoms with E-state index in [0.29, 0.717) is 16.8 Å². The molecule has 4 N–H and O–H groups in total. The lowest BCUT2D eigenvalue weighted by atomic mass is 10.0. The standard InChI is InChI=1S/C13H11N3O3/c14-13(19)12-11(15-7-16-12)9-4-2-1-3-8(9)5-6-10(17)18/h1-7H,(H2,14,19)(H,15,16)(H,17,18)/b6-5+. The maximum absolute atomic E-state index is 11.3. The number of carboxylic acids is 1. The van der Waals surface area contributed by atoms with Gasteiger partial charge in [-0.1, -0.05) is 24.3 Å². The summed E-state index contributed by atoms with van der Waals surface area (Å²) in [7, 11) is 0. The first kappa shape index (κ1) is 12.6. The SMILES string of the molecule is NC(=O)c1[nH]cnc1-c1ccccc1/C=C/C(=O)O. The Morgan fingerprint density at radius 2 is 2.05 bits per heavy atom. The Morgan fingerprint density at radius 1 is 1.32 bits per heavy atom. The maximum atomic E-state index is 11.3. The van der Waals surface area contributed by atoms with Crippen LogP contribution in [0.1, 0.15) is 16.1 Å².